The Balaban J connectivity index is 2.84. The van der Waals surface area contributed by atoms with Gasteiger partial charge in [-0.1, -0.05) is 0 Å². The molecule has 111 valence electrons. The molecule has 0 aliphatic carbocycles. The molecule has 1 aromatic heterocycles. The number of nitrogens with zero attached hydrogens (tertiary/aromatic N) is 2. The first-order chi connectivity index (χ1) is 8.79. The van der Waals surface area contributed by atoms with Gasteiger partial charge in [0.2, 0.25) is 0 Å². The Morgan fingerprint density at radius 3 is 1.78 bits per heavy atom. The van der Waals surface area contributed by atoms with E-state index in [0.29, 0.717) is 0 Å². The molecule has 0 amide bonds. The van der Waals surface area contributed by atoms with Crippen LogP contribution in [0.2, 0.25) is 16.0 Å². The van der Waals surface area contributed by atoms with E-state index in [1.54, 1.807) is 6.20 Å². The fraction of sp³-hybridized carbons (Fsp3) is 0.818. The van der Waals surface area contributed by atoms with Crippen molar-refractivity contribution in [3.63, 3.8) is 0 Å². The van der Waals surface area contributed by atoms with Gasteiger partial charge in [-0.05, 0) is 0 Å². The van der Waals surface area contributed by atoms with Crippen LogP contribution < -0.4 is 4.59 Å². The zero-order chi connectivity index (χ0) is 13.3. The number of rotatable bonds is 10. The van der Waals surface area contributed by atoms with Crippen LogP contribution in [-0.4, -0.2) is 50.6 Å². The predicted octanol–water partition coefficient (Wildman–Crippen LogP) is -0.0140. The zero-order valence-electron chi connectivity index (χ0n) is 10.5. The molecule has 0 unspecified atom stereocenters. The van der Waals surface area contributed by atoms with Gasteiger partial charge in [0.1, 0.15) is 0 Å². The van der Waals surface area contributed by atoms with E-state index >= 15 is 0 Å². The maximum atomic E-state index is 9.05. The Labute approximate surface area is 110 Å². The van der Waals surface area contributed by atoms with Crippen LogP contribution in [0.4, 0.5) is 0 Å². The SMILES string of the molecule is OCC[CH2][Cu]([CH2]CCO)([CH2]CCO)[c]1c[nH]nn1. The van der Waals surface area contributed by atoms with Crippen molar-refractivity contribution >= 4 is 4.59 Å². The maximum absolute atomic E-state index is 9.05. The second-order valence-corrected chi connectivity index (χ2v) is 8.02. The number of H-pyrrole nitrogens is 1. The molecule has 0 atom stereocenters. The molecule has 0 radical (unpaired) electrons. The molecule has 0 aliphatic rings. The Kier molecular flexibility index (Phi) is 7.46. The van der Waals surface area contributed by atoms with Crippen LogP contribution in [0.3, 0.4) is 0 Å². The van der Waals surface area contributed by atoms with Gasteiger partial charge in [0.05, 0.1) is 0 Å². The molecule has 0 fully saturated rings. The van der Waals surface area contributed by atoms with Crippen molar-refractivity contribution in [3.05, 3.63) is 6.20 Å². The third kappa shape index (κ3) is 4.33. The first-order valence-corrected chi connectivity index (χ1v) is 8.43. The topological polar surface area (TPSA) is 102 Å². The van der Waals surface area contributed by atoms with E-state index < -0.39 is 12.8 Å². The molecule has 0 saturated heterocycles. The average molecular weight is 309 g/mol. The van der Waals surface area contributed by atoms with Gasteiger partial charge in [-0.15, -0.1) is 0 Å². The van der Waals surface area contributed by atoms with Gasteiger partial charge in [0, 0.05) is 0 Å². The van der Waals surface area contributed by atoms with E-state index in [2.05, 4.69) is 15.4 Å². The first-order valence-electron chi connectivity index (χ1n) is 5.96. The minimum absolute atomic E-state index is 0.156. The summed E-state index contributed by atoms with van der Waals surface area (Å²) in [6.07, 6.45) is 3.96. The Bertz CT molecular complexity index is 287. The van der Waals surface area contributed by atoms with E-state index in [-0.39, 0.29) is 19.8 Å². The van der Waals surface area contributed by atoms with E-state index in [9.17, 15) is 0 Å². The molecule has 1 rings (SSSR count). The standard InChI is InChI=1S/3C3H7O.C2H2N3.Cu/c3*1-2-3-4;1-2-4-5-3-1;/h3*4H,1-3H2;1H,(H,3,4,5);. The molecule has 0 saturated carbocycles. The molecule has 6 nitrogen and oxygen atoms in total. The summed E-state index contributed by atoms with van der Waals surface area (Å²) in [5.41, 5.74) is 0. The van der Waals surface area contributed by atoms with Crippen molar-refractivity contribution in [2.24, 2.45) is 0 Å². The molecular weight excluding hydrogens is 286 g/mol. The van der Waals surface area contributed by atoms with E-state index in [0.717, 1.165) is 39.8 Å². The Hall–Kier alpha value is -0.461. The quantitative estimate of drug-likeness (QED) is 0.455. The van der Waals surface area contributed by atoms with Crippen LogP contribution >= 0.6 is 0 Å². The Morgan fingerprint density at radius 1 is 0.944 bits per heavy atom. The van der Waals surface area contributed by atoms with Crippen LogP contribution in [0, 0.1) is 0 Å². The van der Waals surface area contributed by atoms with Crippen LogP contribution in [0.1, 0.15) is 19.3 Å². The van der Waals surface area contributed by atoms with Gasteiger partial charge in [-0.25, -0.2) is 0 Å². The van der Waals surface area contributed by atoms with Crippen LogP contribution in [-0.2, 0) is 12.8 Å². The summed E-state index contributed by atoms with van der Waals surface area (Å²) in [5, 5.41) is 40.4. The molecule has 0 aliphatic heterocycles. The molecule has 1 heterocycles. The summed E-state index contributed by atoms with van der Waals surface area (Å²) in [7, 11) is 0. The second kappa shape index (κ2) is 8.61. The van der Waals surface area contributed by atoms with Crippen molar-refractivity contribution < 1.29 is 28.2 Å². The van der Waals surface area contributed by atoms with E-state index in [1.165, 1.54) is 0 Å². The van der Waals surface area contributed by atoms with Gasteiger partial charge in [-0.3, -0.25) is 0 Å². The molecule has 0 bridgehead atoms. The normalized spacial score (nSPS) is 12.8. The predicted molar refractivity (Wildman–Crippen MR) is 65.5 cm³/mol. The number of aliphatic hydroxyl groups is 3. The number of hydrogen-bond donors (Lipinski definition) is 4. The summed E-state index contributed by atoms with van der Waals surface area (Å²) in [4.78, 5) is 0. The number of hydrogen-bond acceptors (Lipinski definition) is 5. The number of aromatic nitrogens is 3. The molecule has 7 heteroatoms. The molecule has 4 N–H and O–H groups in total. The summed E-state index contributed by atoms with van der Waals surface area (Å²) in [6.45, 7) is 0.469. The summed E-state index contributed by atoms with van der Waals surface area (Å²) in [6, 6.07) is 0. The third-order valence-electron chi connectivity index (χ3n) is 2.36. The van der Waals surface area contributed by atoms with Crippen molar-refractivity contribution in [2.45, 2.75) is 35.2 Å². The summed E-state index contributed by atoms with van der Waals surface area (Å²) < 4.78 is 0.937. The number of aromatic amines is 1. The second-order valence-electron chi connectivity index (χ2n) is 3.71. The average Bonchev–Trinajstić information content (AvgIpc) is 2.93. The van der Waals surface area contributed by atoms with Crippen LogP contribution in [0.5, 0.6) is 0 Å². The molecule has 18 heavy (non-hydrogen) atoms. The zero-order valence-corrected chi connectivity index (χ0v) is 11.4. The fourth-order valence-corrected chi connectivity index (χ4v) is 5.93. The van der Waals surface area contributed by atoms with Crippen LogP contribution in [0.15, 0.2) is 6.20 Å². The number of aliphatic hydroxyl groups excluding tert-OH is 3. The molecular formula is C11H23CuN3O3. The van der Waals surface area contributed by atoms with Gasteiger partial charge in [-0.2, -0.15) is 0 Å². The fourth-order valence-electron chi connectivity index (χ4n) is 1.55. The monoisotopic (exact) mass is 308 g/mol. The first kappa shape index (κ1) is 15.6. The third-order valence-corrected chi connectivity index (χ3v) is 7.31. The van der Waals surface area contributed by atoms with Crippen molar-refractivity contribution in [2.75, 3.05) is 19.8 Å². The van der Waals surface area contributed by atoms with Crippen molar-refractivity contribution in [1.29, 1.82) is 0 Å². The van der Waals surface area contributed by atoms with Crippen molar-refractivity contribution in [1.82, 2.24) is 15.4 Å². The van der Waals surface area contributed by atoms with Crippen molar-refractivity contribution in [3.8, 4) is 0 Å². The molecule has 0 spiro atoms. The van der Waals surface area contributed by atoms with E-state index in [1.807, 2.05) is 0 Å². The van der Waals surface area contributed by atoms with E-state index in [4.69, 9.17) is 15.3 Å². The Morgan fingerprint density at radius 2 is 1.44 bits per heavy atom. The van der Waals surface area contributed by atoms with Crippen LogP contribution in [0.25, 0.3) is 0 Å². The molecule has 0 aromatic carbocycles. The molecule has 1 aromatic rings. The number of nitrogens with one attached hydrogen (secondary N) is 1. The van der Waals surface area contributed by atoms with Gasteiger partial charge in [0.25, 0.3) is 0 Å². The van der Waals surface area contributed by atoms with Gasteiger partial charge >= 0.3 is 109 Å². The summed E-state index contributed by atoms with van der Waals surface area (Å²) in [5.74, 6) is 0. The van der Waals surface area contributed by atoms with Gasteiger partial charge in [0.15, 0.2) is 0 Å². The minimum atomic E-state index is -1.14. The summed E-state index contributed by atoms with van der Waals surface area (Å²) >= 11 is -1.14. The van der Waals surface area contributed by atoms with Gasteiger partial charge < -0.3 is 0 Å².